The molecule has 218 valence electrons. The molecule has 1 aromatic heterocycles. The van der Waals surface area contributed by atoms with E-state index >= 15 is 0 Å². The molecule has 2 aliphatic heterocycles. The Morgan fingerprint density at radius 2 is 1.19 bits per heavy atom. The molecular formula is C34H33N5O4. The van der Waals surface area contributed by atoms with Crippen molar-refractivity contribution >= 4 is 17.5 Å². The topological polar surface area (TPSA) is 99.9 Å². The molecule has 2 aliphatic rings. The molecule has 2 fully saturated rings. The van der Waals surface area contributed by atoms with E-state index in [1.54, 1.807) is 17.0 Å². The Balaban J connectivity index is 1.10. The van der Waals surface area contributed by atoms with Gasteiger partial charge in [-0.25, -0.2) is 4.98 Å². The van der Waals surface area contributed by atoms with Gasteiger partial charge in [-0.05, 0) is 31.0 Å². The van der Waals surface area contributed by atoms with E-state index in [1.807, 2.05) is 77.7 Å². The van der Waals surface area contributed by atoms with Crippen LogP contribution in [0.15, 0.2) is 97.1 Å². The molecule has 9 nitrogen and oxygen atoms in total. The number of piperidine rings is 1. The van der Waals surface area contributed by atoms with Crippen LogP contribution in [-0.4, -0.2) is 81.7 Å². The molecule has 4 aromatic rings. The summed E-state index contributed by atoms with van der Waals surface area (Å²) in [6, 6.07) is 30.0. The number of amides is 2. The average molecular weight is 576 g/mol. The van der Waals surface area contributed by atoms with E-state index in [4.69, 9.17) is 4.98 Å². The van der Waals surface area contributed by atoms with Crippen LogP contribution in [0.2, 0.25) is 0 Å². The van der Waals surface area contributed by atoms with Crippen LogP contribution in [0.4, 0.5) is 5.69 Å². The smallest absolute Gasteiger partial charge is 0.282 e. The Kier molecular flexibility index (Phi) is 8.24. The maximum atomic E-state index is 13.8. The summed E-state index contributed by atoms with van der Waals surface area (Å²) in [4.78, 5) is 48.6. The lowest BCUT2D eigenvalue weighted by atomic mass is 10.0. The van der Waals surface area contributed by atoms with Gasteiger partial charge < -0.3 is 9.80 Å². The van der Waals surface area contributed by atoms with Gasteiger partial charge in [0, 0.05) is 68.1 Å². The molecule has 43 heavy (non-hydrogen) atoms. The van der Waals surface area contributed by atoms with Crippen molar-refractivity contribution in [2.24, 2.45) is 0 Å². The predicted octanol–water partition coefficient (Wildman–Crippen LogP) is 5.39. The zero-order valence-electron chi connectivity index (χ0n) is 23.8. The van der Waals surface area contributed by atoms with Crippen LogP contribution in [0.3, 0.4) is 0 Å². The highest BCUT2D eigenvalue weighted by Crippen LogP contribution is 2.27. The fraction of sp³-hybridized carbons (Fsp3) is 0.265. The van der Waals surface area contributed by atoms with Crippen molar-refractivity contribution in [2.45, 2.75) is 18.9 Å². The molecule has 3 heterocycles. The highest BCUT2D eigenvalue weighted by Gasteiger charge is 2.32. The number of pyridine rings is 1. The number of carbonyl (C=O) groups is 2. The number of benzene rings is 3. The fourth-order valence-corrected chi connectivity index (χ4v) is 6.06. The normalized spacial score (nSPS) is 16.2. The van der Waals surface area contributed by atoms with Gasteiger partial charge >= 0.3 is 0 Å². The summed E-state index contributed by atoms with van der Waals surface area (Å²) < 4.78 is 0. The molecule has 0 radical (unpaired) electrons. The second kappa shape index (κ2) is 12.5. The van der Waals surface area contributed by atoms with Gasteiger partial charge in [-0.2, -0.15) is 0 Å². The van der Waals surface area contributed by atoms with Gasteiger partial charge in [-0.3, -0.25) is 24.6 Å². The molecule has 2 amide bonds. The third kappa shape index (κ3) is 6.17. The second-order valence-electron chi connectivity index (χ2n) is 11.0. The minimum Gasteiger partial charge on any atom is -0.338 e. The molecule has 0 aliphatic carbocycles. The summed E-state index contributed by atoms with van der Waals surface area (Å²) >= 11 is 0. The number of carbonyl (C=O) groups excluding carboxylic acids is 2. The van der Waals surface area contributed by atoms with Crippen LogP contribution in [0.25, 0.3) is 22.5 Å². The van der Waals surface area contributed by atoms with E-state index in [2.05, 4.69) is 4.90 Å². The number of hydrogen-bond donors (Lipinski definition) is 0. The first-order valence-corrected chi connectivity index (χ1v) is 14.7. The van der Waals surface area contributed by atoms with Gasteiger partial charge in [0.25, 0.3) is 17.5 Å². The zero-order valence-corrected chi connectivity index (χ0v) is 23.8. The Bertz CT molecular complexity index is 1550. The first kappa shape index (κ1) is 28.2. The summed E-state index contributed by atoms with van der Waals surface area (Å²) in [5.74, 6) is -0.287. The first-order chi connectivity index (χ1) is 21.0. The summed E-state index contributed by atoms with van der Waals surface area (Å²) in [6.07, 6.45) is 1.59. The molecule has 0 bridgehead atoms. The van der Waals surface area contributed by atoms with Gasteiger partial charge in [0.05, 0.1) is 16.3 Å². The lowest BCUT2D eigenvalue weighted by Crippen LogP contribution is -2.54. The molecule has 0 atom stereocenters. The molecule has 3 aromatic carbocycles. The molecule has 0 N–H and O–H groups in total. The molecular weight excluding hydrogens is 542 g/mol. The summed E-state index contributed by atoms with van der Waals surface area (Å²) in [5.41, 5.74) is 4.08. The number of hydrogen-bond acceptors (Lipinski definition) is 6. The molecule has 9 heteroatoms. The highest BCUT2D eigenvalue weighted by molar-refractivity contribution is 5.98. The number of para-hydroxylation sites is 1. The number of nitrogens with zero attached hydrogens (tertiary/aromatic N) is 5. The lowest BCUT2D eigenvalue weighted by molar-refractivity contribution is -0.385. The van der Waals surface area contributed by atoms with E-state index in [1.165, 1.54) is 12.1 Å². The molecule has 0 unspecified atom stereocenters. The number of nitro benzene ring substituents is 1. The van der Waals surface area contributed by atoms with E-state index in [0.717, 1.165) is 48.4 Å². The number of aromatic nitrogens is 1. The van der Waals surface area contributed by atoms with Crippen LogP contribution in [0.5, 0.6) is 0 Å². The van der Waals surface area contributed by atoms with Crippen LogP contribution < -0.4 is 0 Å². The van der Waals surface area contributed by atoms with Crippen molar-refractivity contribution in [3.05, 3.63) is 118 Å². The van der Waals surface area contributed by atoms with Gasteiger partial charge in [0.2, 0.25) is 0 Å². The number of likely N-dealkylation sites (tertiary alicyclic amines) is 1. The Morgan fingerprint density at radius 1 is 0.674 bits per heavy atom. The van der Waals surface area contributed by atoms with E-state index in [0.29, 0.717) is 37.8 Å². The predicted molar refractivity (Wildman–Crippen MR) is 165 cm³/mol. The van der Waals surface area contributed by atoms with E-state index in [9.17, 15) is 19.7 Å². The van der Waals surface area contributed by atoms with Crippen LogP contribution in [0.1, 0.15) is 33.6 Å². The maximum Gasteiger partial charge on any atom is 0.282 e. The highest BCUT2D eigenvalue weighted by atomic mass is 16.6. The second-order valence-corrected chi connectivity index (χ2v) is 11.0. The van der Waals surface area contributed by atoms with Crippen LogP contribution in [-0.2, 0) is 0 Å². The molecule has 0 saturated carbocycles. The largest absolute Gasteiger partial charge is 0.338 e. The van der Waals surface area contributed by atoms with E-state index < -0.39 is 4.92 Å². The summed E-state index contributed by atoms with van der Waals surface area (Å²) in [7, 11) is 0. The molecule has 6 rings (SSSR count). The zero-order chi connectivity index (χ0) is 29.8. The Labute approximate surface area is 250 Å². The Hall–Kier alpha value is -4.89. The molecule has 2 saturated heterocycles. The van der Waals surface area contributed by atoms with Crippen molar-refractivity contribution in [1.82, 2.24) is 19.7 Å². The SMILES string of the molecule is O=C(c1cc(-c2ccccc2)nc(-c2ccccc2)c1)N1CCN(C2CCN(C(=O)c3ccccc3[N+](=O)[O-])CC2)CC1. The minimum absolute atomic E-state index is 0.00119. The first-order valence-electron chi connectivity index (χ1n) is 14.7. The third-order valence-electron chi connectivity index (χ3n) is 8.41. The Morgan fingerprint density at radius 3 is 1.74 bits per heavy atom. The summed E-state index contributed by atoms with van der Waals surface area (Å²) in [5, 5.41) is 11.4. The summed E-state index contributed by atoms with van der Waals surface area (Å²) in [6.45, 7) is 3.87. The quantitative estimate of drug-likeness (QED) is 0.226. The minimum atomic E-state index is -0.502. The number of rotatable bonds is 6. The van der Waals surface area contributed by atoms with Gasteiger partial charge in [0.15, 0.2) is 0 Å². The number of nitro groups is 1. The van der Waals surface area contributed by atoms with E-state index in [-0.39, 0.29) is 23.1 Å². The monoisotopic (exact) mass is 575 g/mol. The lowest BCUT2D eigenvalue weighted by Gasteiger charge is -2.42. The molecule has 0 spiro atoms. The van der Waals surface area contributed by atoms with Gasteiger partial charge in [-0.1, -0.05) is 72.8 Å². The van der Waals surface area contributed by atoms with Crippen molar-refractivity contribution in [3.63, 3.8) is 0 Å². The fourth-order valence-electron chi connectivity index (χ4n) is 6.06. The number of piperazine rings is 1. The average Bonchev–Trinajstić information content (AvgIpc) is 3.08. The van der Waals surface area contributed by atoms with Crippen molar-refractivity contribution < 1.29 is 14.5 Å². The van der Waals surface area contributed by atoms with Gasteiger partial charge in [0.1, 0.15) is 5.56 Å². The third-order valence-corrected chi connectivity index (χ3v) is 8.41. The van der Waals surface area contributed by atoms with Gasteiger partial charge in [-0.15, -0.1) is 0 Å². The maximum absolute atomic E-state index is 13.8. The van der Waals surface area contributed by atoms with Crippen molar-refractivity contribution in [3.8, 4) is 22.5 Å². The van der Waals surface area contributed by atoms with Crippen molar-refractivity contribution in [1.29, 1.82) is 0 Å². The van der Waals surface area contributed by atoms with Crippen LogP contribution in [0, 0.1) is 10.1 Å². The van der Waals surface area contributed by atoms with Crippen molar-refractivity contribution in [2.75, 3.05) is 39.3 Å². The van der Waals surface area contributed by atoms with Crippen LogP contribution >= 0.6 is 0 Å². The standard InChI is InChI=1S/C34H33N5O4/c40-33(27-23-30(25-9-3-1-4-10-25)35-31(24-27)26-11-5-2-6-12-26)38-21-19-36(20-22-38)28-15-17-37(18-16-28)34(41)29-13-7-8-14-32(29)39(42)43/h1-14,23-24,28H,15-22H2.